The molecule has 2 aromatic rings. The average molecular weight is 331 g/mol. The number of carbonyl (C=O) groups is 2. The van der Waals surface area contributed by atoms with Crippen LogP contribution in [0.4, 0.5) is 11.4 Å². The minimum Gasteiger partial charge on any atom is -0.483 e. The molecule has 1 aliphatic heterocycles. The van der Waals surface area contributed by atoms with E-state index in [9.17, 15) is 9.59 Å². The lowest BCUT2D eigenvalue weighted by Gasteiger charge is -2.29. The van der Waals surface area contributed by atoms with E-state index in [-0.39, 0.29) is 25.0 Å². The van der Waals surface area contributed by atoms with Crippen LogP contribution in [0.1, 0.15) is 5.56 Å². The van der Waals surface area contributed by atoms with Crippen molar-refractivity contribution in [2.45, 2.75) is 6.92 Å². The molecule has 0 radical (unpaired) electrons. The second-order valence-electron chi connectivity index (χ2n) is 5.24. The smallest absolute Gasteiger partial charge is 0.265 e. The van der Waals surface area contributed by atoms with Crippen molar-refractivity contribution in [3.05, 3.63) is 53.1 Å². The van der Waals surface area contributed by atoms with Gasteiger partial charge >= 0.3 is 0 Å². The number of hydrogen-bond donors (Lipinski definition) is 1. The lowest BCUT2D eigenvalue weighted by molar-refractivity contribution is -0.123. The van der Waals surface area contributed by atoms with Gasteiger partial charge in [0.15, 0.2) is 6.61 Å². The fraction of sp³-hybridized carbons (Fsp3) is 0.176. The van der Waals surface area contributed by atoms with Crippen LogP contribution in [0, 0.1) is 6.92 Å². The molecule has 2 amide bonds. The third kappa shape index (κ3) is 3.29. The van der Waals surface area contributed by atoms with E-state index < -0.39 is 0 Å². The van der Waals surface area contributed by atoms with Crippen molar-refractivity contribution in [1.29, 1.82) is 0 Å². The zero-order valence-corrected chi connectivity index (χ0v) is 13.3. The largest absolute Gasteiger partial charge is 0.483 e. The SMILES string of the molecule is Cc1cc(Cl)ccc1OCC(=O)N1CC(=O)Nc2ccccc21. The Hall–Kier alpha value is -2.53. The molecule has 118 valence electrons. The summed E-state index contributed by atoms with van der Waals surface area (Å²) in [5.41, 5.74) is 2.15. The van der Waals surface area contributed by atoms with E-state index >= 15 is 0 Å². The first-order valence-electron chi connectivity index (χ1n) is 7.13. The number of halogens is 1. The minimum absolute atomic E-state index is 0.0151. The van der Waals surface area contributed by atoms with Gasteiger partial charge in [0, 0.05) is 5.02 Å². The number of fused-ring (bicyclic) bond motifs is 1. The Labute approximate surface area is 138 Å². The van der Waals surface area contributed by atoms with Gasteiger partial charge < -0.3 is 10.1 Å². The van der Waals surface area contributed by atoms with E-state index in [1.165, 1.54) is 4.90 Å². The summed E-state index contributed by atoms with van der Waals surface area (Å²) in [4.78, 5) is 25.6. The molecule has 6 heteroatoms. The predicted octanol–water partition coefficient (Wildman–Crippen LogP) is 3.01. The number of amides is 2. The molecule has 0 saturated carbocycles. The molecule has 0 atom stereocenters. The zero-order valence-electron chi connectivity index (χ0n) is 12.5. The molecular weight excluding hydrogens is 316 g/mol. The number of para-hydroxylation sites is 2. The topological polar surface area (TPSA) is 58.6 Å². The molecule has 1 aliphatic rings. The van der Waals surface area contributed by atoms with Crippen molar-refractivity contribution in [3.63, 3.8) is 0 Å². The lowest BCUT2D eigenvalue weighted by Crippen LogP contribution is -2.44. The van der Waals surface area contributed by atoms with Crippen molar-refractivity contribution in [3.8, 4) is 5.75 Å². The highest BCUT2D eigenvalue weighted by Crippen LogP contribution is 2.29. The molecule has 5 nitrogen and oxygen atoms in total. The van der Waals surface area contributed by atoms with E-state index in [0.29, 0.717) is 22.1 Å². The molecule has 0 aliphatic carbocycles. The third-order valence-electron chi connectivity index (χ3n) is 3.56. The number of nitrogens with zero attached hydrogens (tertiary/aromatic N) is 1. The van der Waals surface area contributed by atoms with Crippen molar-refractivity contribution < 1.29 is 14.3 Å². The number of rotatable bonds is 3. The number of benzene rings is 2. The zero-order chi connectivity index (χ0) is 16.4. The number of nitrogens with one attached hydrogen (secondary N) is 1. The van der Waals surface area contributed by atoms with Crippen LogP contribution in [0.25, 0.3) is 0 Å². The fourth-order valence-electron chi connectivity index (χ4n) is 2.45. The average Bonchev–Trinajstić information content (AvgIpc) is 2.53. The molecule has 0 fully saturated rings. The quantitative estimate of drug-likeness (QED) is 0.941. The van der Waals surface area contributed by atoms with Crippen molar-refractivity contribution in [1.82, 2.24) is 0 Å². The fourth-order valence-corrected chi connectivity index (χ4v) is 2.67. The Kier molecular flexibility index (Phi) is 4.21. The Bertz CT molecular complexity index is 776. The Morgan fingerprint density at radius 3 is 2.87 bits per heavy atom. The summed E-state index contributed by atoms with van der Waals surface area (Å²) in [6, 6.07) is 12.4. The summed E-state index contributed by atoms with van der Waals surface area (Å²) in [6.45, 7) is 1.69. The standard InChI is InChI=1S/C17H15ClN2O3/c1-11-8-12(18)6-7-15(11)23-10-17(22)20-9-16(21)19-13-4-2-3-5-14(13)20/h2-8H,9-10H2,1H3,(H,19,21). The number of aryl methyl sites for hydroxylation is 1. The van der Waals surface area contributed by atoms with Gasteiger partial charge in [-0.2, -0.15) is 0 Å². The summed E-state index contributed by atoms with van der Waals surface area (Å²) in [7, 11) is 0. The van der Waals surface area contributed by atoms with Gasteiger partial charge in [0.05, 0.1) is 11.4 Å². The van der Waals surface area contributed by atoms with Crippen LogP contribution in [-0.4, -0.2) is 25.0 Å². The Morgan fingerprint density at radius 1 is 1.30 bits per heavy atom. The molecular formula is C17H15ClN2O3. The summed E-state index contributed by atoms with van der Waals surface area (Å²) in [5.74, 6) is 0.0962. The molecule has 3 rings (SSSR count). The molecule has 1 N–H and O–H groups in total. The first-order valence-corrected chi connectivity index (χ1v) is 7.50. The number of carbonyl (C=O) groups excluding carboxylic acids is 2. The molecule has 0 aromatic heterocycles. The Balaban J connectivity index is 1.75. The molecule has 2 aromatic carbocycles. The van der Waals surface area contributed by atoms with Crippen LogP contribution in [0.5, 0.6) is 5.75 Å². The van der Waals surface area contributed by atoms with Crippen LogP contribution < -0.4 is 15.0 Å². The number of hydrogen-bond acceptors (Lipinski definition) is 3. The van der Waals surface area contributed by atoms with Crippen molar-refractivity contribution in [2.24, 2.45) is 0 Å². The number of ether oxygens (including phenoxy) is 1. The highest BCUT2D eigenvalue weighted by Gasteiger charge is 2.26. The van der Waals surface area contributed by atoms with E-state index in [4.69, 9.17) is 16.3 Å². The van der Waals surface area contributed by atoms with Crippen LogP contribution in [0.3, 0.4) is 0 Å². The van der Waals surface area contributed by atoms with E-state index in [1.54, 1.807) is 36.4 Å². The van der Waals surface area contributed by atoms with Crippen LogP contribution in [0.2, 0.25) is 5.02 Å². The van der Waals surface area contributed by atoms with Gasteiger partial charge in [-0.25, -0.2) is 0 Å². The normalized spacial score (nSPS) is 13.3. The highest BCUT2D eigenvalue weighted by molar-refractivity contribution is 6.30. The maximum absolute atomic E-state index is 12.5. The second kappa shape index (κ2) is 6.30. The van der Waals surface area contributed by atoms with Gasteiger partial charge in [0.25, 0.3) is 5.91 Å². The third-order valence-corrected chi connectivity index (χ3v) is 3.79. The Morgan fingerprint density at radius 2 is 2.09 bits per heavy atom. The van der Waals surface area contributed by atoms with Gasteiger partial charge in [0.1, 0.15) is 12.3 Å². The lowest BCUT2D eigenvalue weighted by atomic mass is 10.2. The summed E-state index contributed by atoms with van der Waals surface area (Å²) >= 11 is 5.90. The van der Waals surface area contributed by atoms with Gasteiger partial charge in [-0.15, -0.1) is 0 Å². The molecule has 23 heavy (non-hydrogen) atoms. The summed E-state index contributed by atoms with van der Waals surface area (Å²) < 4.78 is 5.58. The van der Waals surface area contributed by atoms with Gasteiger partial charge in [0.2, 0.25) is 5.91 Å². The predicted molar refractivity (Wildman–Crippen MR) is 89.1 cm³/mol. The van der Waals surface area contributed by atoms with Crippen molar-refractivity contribution >= 4 is 34.8 Å². The monoisotopic (exact) mass is 330 g/mol. The first-order chi connectivity index (χ1) is 11.0. The molecule has 0 bridgehead atoms. The number of anilines is 2. The van der Waals surface area contributed by atoms with E-state index in [1.807, 2.05) is 13.0 Å². The summed E-state index contributed by atoms with van der Waals surface area (Å²) in [5, 5.41) is 3.36. The van der Waals surface area contributed by atoms with Crippen LogP contribution >= 0.6 is 11.6 Å². The first kappa shape index (κ1) is 15.4. The van der Waals surface area contributed by atoms with Crippen LogP contribution in [0.15, 0.2) is 42.5 Å². The van der Waals surface area contributed by atoms with E-state index in [0.717, 1.165) is 5.56 Å². The molecule has 0 spiro atoms. The second-order valence-corrected chi connectivity index (χ2v) is 5.68. The van der Waals surface area contributed by atoms with Gasteiger partial charge in [-0.1, -0.05) is 23.7 Å². The van der Waals surface area contributed by atoms with Gasteiger partial charge in [-0.3, -0.25) is 14.5 Å². The highest BCUT2D eigenvalue weighted by atomic mass is 35.5. The van der Waals surface area contributed by atoms with E-state index in [2.05, 4.69) is 5.32 Å². The summed E-state index contributed by atoms with van der Waals surface area (Å²) in [6.07, 6.45) is 0. The maximum atomic E-state index is 12.5. The molecule has 0 unspecified atom stereocenters. The molecule has 0 saturated heterocycles. The van der Waals surface area contributed by atoms with Crippen molar-refractivity contribution in [2.75, 3.05) is 23.4 Å². The molecule has 1 heterocycles. The minimum atomic E-state index is -0.276. The van der Waals surface area contributed by atoms with Crippen LogP contribution in [-0.2, 0) is 9.59 Å². The van der Waals surface area contributed by atoms with Gasteiger partial charge in [-0.05, 0) is 42.8 Å². The maximum Gasteiger partial charge on any atom is 0.265 e.